The molecule has 2 unspecified atom stereocenters. The van der Waals surface area contributed by atoms with E-state index in [2.05, 4.69) is 98.2 Å². The maximum atomic E-state index is 12.4. The van der Waals surface area contributed by atoms with E-state index in [0.29, 0.717) is 12.8 Å². The second-order valence-electron chi connectivity index (χ2n) is 11.1. The fourth-order valence-corrected chi connectivity index (χ4v) is 5.14. The van der Waals surface area contributed by atoms with E-state index >= 15 is 0 Å². The lowest BCUT2D eigenvalue weighted by Crippen LogP contribution is -2.47. The molecule has 3 N–H and O–H groups in total. The van der Waals surface area contributed by atoms with Gasteiger partial charge in [0, 0.05) is 6.42 Å². The van der Waals surface area contributed by atoms with E-state index in [9.17, 15) is 22.9 Å². The number of amides is 1. The van der Waals surface area contributed by atoms with Crippen molar-refractivity contribution in [1.82, 2.24) is 5.32 Å². The number of hydrogen-bond acceptors (Lipinski definition) is 4. The largest absolute Gasteiger partial charge is 0.391 e. The van der Waals surface area contributed by atoms with Gasteiger partial charge in [-0.1, -0.05) is 137 Å². The number of aliphatic hydroxyl groups excluding tert-OH is 1. The van der Waals surface area contributed by atoms with Gasteiger partial charge in [0.2, 0.25) is 5.91 Å². The first kappa shape index (κ1) is 41.5. The van der Waals surface area contributed by atoms with Crippen LogP contribution in [-0.4, -0.2) is 41.9 Å². The normalized spacial score (nSPS) is 14.5. The fraction of sp³-hybridized carbons (Fsp3) is 0.595. The number of allylic oxidation sites excluding steroid dienone is 14. The Bertz CT molecular complexity index is 1000. The van der Waals surface area contributed by atoms with Crippen LogP contribution in [0, 0.1) is 0 Å². The standard InChI is InChI=1S/C37H61NO5S/c1-3-5-7-9-11-12-13-14-15-16-17-18-19-20-21-22-23-24-25-26-27-29-31-33-37(40)38-35(34-44(41,42)43)36(39)32-30-28-10-8-6-4-2/h5,7,11-12,14-15,17-18,20-21,23-24,26-27,35-36,39H,3-4,6,8-10,13,16,19,22,25,28-34H2,1-2H3,(H,38,40)(H,41,42,43)/b7-5-,12-11-,15-14-,18-17-,21-20-,24-23-,27-26-. The van der Waals surface area contributed by atoms with Crippen molar-refractivity contribution in [3.8, 4) is 0 Å². The number of unbranched alkanes of at least 4 members (excludes halogenated alkanes) is 6. The summed E-state index contributed by atoms with van der Waals surface area (Å²) in [7, 11) is -4.32. The van der Waals surface area contributed by atoms with Crippen molar-refractivity contribution < 1.29 is 22.9 Å². The summed E-state index contributed by atoms with van der Waals surface area (Å²) in [4.78, 5) is 12.4. The van der Waals surface area contributed by atoms with Crippen molar-refractivity contribution >= 4 is 16.0 Å². The van der Waals surface area contributed by atoms with Crippen LogP contribution in [0.3, 0.4) is 0 Å². The molecule has 0 saturated heterocycles. The van der Waals surface area contributed by atoms with Gasteiger partial charge in [-0.05, 0) is 64.2 Å². The molecule has 250 valence electrons. The molecule has 0 aromatic carbocycles. The lowest BCUT2D eigenvalue weighted by atomic mass is 10.0. The molecule has 7 heteroatoms. The maximum absolute atomic E-state index is 12.4. The molecule has 6 nitrogen and oxygen atoms in total. The van der Waals surface area contributed by atoms with E-state index in [4.69, 9.17) is 0 Å². The quantitative estimate of drug-likeness (QED) is 0.0454. The van der Waals surface area contributed by atoms with E-state index in [1.54, 1.807) is 0 Å². The first-order chi connectivity index (χ1) is 21.3. The molecule has 0 aliphatic carbocycles. The smallest absolute Gasteiger partial charge is 0.266 e. The number of rotatable bonds is 28. The predicted molar refractivity (Wildman–Crippen MR) is 188 cm³/mol. The second kappa shape index (κ2) is 30.5. The Labute approximate surface area is 269 Å². The van der Waals surface area contributed by atoms with Gasteiger partial charge in [-0.3, -0.25) is 9.35 Å². The average Bonchev–Trinajstić information content (AvgIpc) is 2.98. The molecular formula is C37H61NO5S. The summed E-state index contributed by atoms with van der Waals surface area (Å²) in [5.41, 5.74) is 0. The zero-order valence-corrected chi connectivity index (χ0v) is 28.3. The summed E-state index contributed by atoms with van der Waals surface area (Å²) in [6.45, 7) is 4.30. The molecule has 0 aromatic rings. The van der Waals surface area contributed by atoms with Crippen molar-refractivity contribution in [3.63, 3.8) is 0 Å². The zero-order chi connectivity index (χ0) is 32.6. The minimum Gasteiger partial charge on any atom is -0.391 e. The molecule has 0 heterocycles. The van der Waals surface area contributed by atoms with Gasteiger partial charge in [0.1, 0.15) is 0 Å². The van der Waals surface area contributed by atoms with Crippen molar-refractivity contribution in [2.75, 3.05) is 5.75 Å². The minimum absolute atomic E-state index is 0.232. The van der Waals surface area contributed by atoms with E-state index < -0.39 is 28.0 Å². The molecule has 1 amide bonds. The summed E-state index contributed by atoms with van der Waals surface area (Å²) in [5.74, 6) is -0.993. The van der Waals surface area contributed by atoms with Gasteiger partial charge < -0.3 is 10.4 Å². The maximum Gasteiger partial charge on any atom is 0.266 e. The number of hydrogen-bond donors (Lipinski definition) is 3. The molecule has 44 heavy (non-hydrogen) atoms. The van der Waals surface area contributed by atoms with Crippen molar-refractivity contribution in [1.29, 1.82) is 0 Å². The highest BCUT2D eigenvalue weighted by molar-refractivity contribution is 7.85. The summed E-state index contributed by atoms with van der Waals surface area (Å²) < 4.78 is 32.1. The van der Waals surface area contributed by atoms with Gasteiger partial charge in [-0.25, -0.2) is 0 Å². The van der Waals surface area contributed by atoms with Crippen LogP contribution in [0.2, 0.25) is 0 Å². The number of aliphatic hydroxyl groups is 1. The average molecular weight is 632 g/mol. The third-order valence-corrected chi connectivity index (χ3v) is 7.64. The minimum atomic E-state index is -4.32. The summed E-state index contributed by atoms with van der Waals surface area (Å²) >= 11 is 0. The molecule has 2 atom stereocenters. The second-order valence-corrected chi connectivity index (χ2v) is 12.6. The van der Waals surface area contributed by atoms with Crippen molar-refractivity contribution in [2.45, 2.75) is 135 Å². The van der Waals surface area contributed by atoms with Gasteiger partial charge in [-0.2, -0.15) is 8.42 Å². The molecule has 0 aromatic heterocycles. The highest BCUT2D eigenvalue weighted by Gasteiger charge is 2.25. The lowest BCUT2D eigenvalue weighted by Gasteiger charge is -2.23. The molecular weight excluding hydrogens is 570 g/mol. The molecule has 0 spiro atoms. The summed E-state index contributed by atoms with van der Waals surface area (Å²) in [6, 6.07) is -1.00. The van der Waals surface area contributed by atoms with Crippen LogP contribution in [0.4, 0.5) is 0 Å². The van der Waals surface area contributed by atoms with Crippen LogP contribution in [-0.2, 0) is 14.9 Å². The summed E-state index contributed by atoms with van der Waals surface area (Å²) in [6.07, 6.45) is 44.2. The fourth-order valence-electron chi connectivity index (χ4n) is 4.38. The number of carbonyl (C=O) groups is 1. The highest BCUT2D eigenvalue weighted by Crippen LogP contribution is 2.12. The third kappa shape index (κ3) is 31.0. The van der Waals surface area contributed by atoms with Gasteiger partial charge in [0.05, 0.1) is 17.9 Å². The van der Waals surface area contributed by atoms with E-state index in [1.165, 1.54) is 6.42 Å². The Morgan fingerprint density at radius 2 is 1.07 bits per heavy atom. The first-order valence-electron chi connectivity index (χ1n) is 16.8. The molecule has 0 saturated carbocycles. The van der Waals surface area contributed by atoms with Gasteiger partial charge >= 0.3 is 0 Å². The van der Waals surface area contributed by atoms with Crippen LogP contribution in [0.15, 0.2) is 85.1 Å². The molecule has 0 aliphatic heterocycles. The Hall–Kier alpha value is -2.48. The SMILES string of the molecule is CC/C=C\C/C=C\C/C=C\C/C=C\C/C=C\C/C=C\C/C=C\CCCC(=O)NC(CS(=O)(=O)O)C(O)CCCCCCCC. The Balaban J connectivity index is 4.04. The third-order valence-electron chi connectivity index (χ3n) is 6.86. The van der Waals surface area contributed by atoms with Crippen LogP contribution in [0.25, 0.3) is 0 Å². The monoisotopic (exact) mass is 631 g/mol. The molecule has 0 rings (SSSR count). The van der Waals surface area contributed by atoms with E-state index in [1.807, 2.05) is 6.08 Å². The molecule has 0 fully saturated rings. The molecule has 0 bridgehead atoms. The Morgan fingerprint density at radius 3 is 1.52 bits per heavy atom. The van der Waals surface area contributed by atoms with Crippen LogP contribution in [0.1, 0.15) is 123 Å². The van der Waals surface area contributed by atoms with Gasteiger partial charge in [0.25, 0.3) is 10.1 Å². The zero-order valence-electron chi connectivity index (χ0n) is 27.5. The highest BCUT2D eigenvalue weighted by atomic mass is 32.2. The first-order valence-corrected chi connectivity index (χ1v) is 18.4. The molecule has 0 aliphatic rings. The van der Waals surface area contributed by atoms with E-state index in [0.717, 1.165) is 83.5 Å². The lowest BCUT2D eigenvalue weighted by molar-refractivity contribution is -0.122. The van der Waals surface area contributed by atoms with Crippen LogP contribution < -0.4 is 5.32 Å². The molecule has 0 radical (unpaired) electrons. The van der Waals surface area contributed by atoms with Crippen LogP contribution in [0.5, 0.6) is 0 Å². The Morgan fingerprint density at radius 1 is 0.636 bits per heavy atom. The van der Waals surface area contributed by atoms with Gasteiger partial charge in [-0.15, -0.1) is 0 Å². The number of nitrogens with one attached hydrogen (secondary N) is 1. The van der Waals surface area contributed by atoms with Crippen LogP contribution >= 0.6 is 0 Å². The Kier molecular flexibility index (Phi) is 28.8. The van der Waals surface area contributed by atoms with Crippen molar-refractivity contribution in [3.05, 3.63) is 85.1 Å². The van der Waals surface area contributed by atoms with Crippen molar-refractivity contribution in [2.24, 2.45) is 0 Å². The van der Waals surface area contributed by atoms with Gasteiger partial charge in [0.15, 0.2) is 0 Å². The van der Waals surface area contributed by atoms with E-state index in [-0.39, 0.29) is 12.3 Å². The predicted octanol–water partition coefficient (Wildman–Crippen LogP) is 9.28. The topological polar surface area (TPSA) is 104 Å². The summed E-state index contributed by atoms with van der Waals surface area (Å²) in [5, 5.41) is 13.1. The number of carbonyl (C=O) groups excluding carboxylic acids is 1.